The highest BCUT2D eigenvalue weighted by atomic mass is 35.5. The Kier molecular flexibility index (Phi) is 6.67. The summed E-state index contributed by atoms with van der Waals surface area (Å²) in [6.45, 7) is 4.64. The number of benzene rings is 2. The number of phenolic OH excluding ortho intramolecular Hbond substituents is 1. The van der Waals surface area contributed by atoms with Crippen LogP contribution in [0.2, 0.25) is 0 Å². The van der Waals surface area contributed by atoms with Crippen molar-refractivity contribution in [2.45, 2.75) is 6.54 Å². The van der Waals surface area contributed by atoms with Crippen molar-refractivity contribution < 1.29 is 14.6 Å². The number of phenols is 1. The van der Waals surface area contributed by atoms with E-state index in [1.54, 1.807) is 12.1 Å². The summed E-state index contributed by atoms with van der Waals surface area (Å²) in [5.74, 6) is -0.553. The zero-order chi connectivity index (χ0) is 16.9. The molecule has 2 aromatic rings. The van der Waals surface area contributed by atoms with Crippen LogP contribution < -0.4 is 4.90 Å². The number of nitrogens with zero attached hydrogens (tertiary/aromatic N) is 2. The molecule has 1 saturated heterocycles. The molecule has 6 heteroatoms. The molecule has 0 spiro atoms. The molecule has 0 aromatic heterocycles. The van der Waals surface area contributed by atoms with E-state index in [9.17, 15) is 9.90 Å². The summed E-state index contributed by atoms with van der Waals surface area (Å²) in [6.07, 6.45) is 0. The molecule has 5 nitrogen and oxygen atoms in total. The molecule has 1 heterocycles. The Morgan fingerprint density at radius 3 is 2.40 bits per heavy atom. The van der Waals surface area contributed by atoms with Crippen molar-refractivity contribution in [2.75, 3.05) is 38.2 Å². The molecule has 1 aliphatic heterocycles. The van der Waals surface area contributed by atoms with Gasteiger partial charge in [0.05, 0.1) is 7.11 Å². The van der Waals surface area contributed by atoms with Crippen molar-refractivity contribution >= 4 is 24.1 Å². The minimum atomic E-state index is -0.511. The molecule has 134 valence electrons. The van der Waals surface area contributed by atoms with E-state index in [2.05, 4.69) is 34.1 Å². The maximum atomic E-state index is 11.7. The number of aromatic hydroxyl groups is 1. The van der Waals surface area contributed by atoms with E-state index in [4.69, 9.17) is 4.74 Å². The Hall–Kier alpha value is -2.24. The Bertz CT molecular complexity index is 701. The molecule has 1 aliphatic rings. The molecular weight excluding hydrogens is 340 g/mol. The lowest BCUT2D eigenvalue weighted by molar-refractivity contribution is 0.0597. The topological polar surface area (TPSA) is 53.0 Å². The van der Waals surface area contributed by atoms with Crippen molar-refractivity contribution in [1.29, 1.82) is 0 Å². The van der Waals surface area contributed by atoms with Gasteiger partial charge in [0.25, 0.3) is 0 Å². The van der Waals surface area contributed by atoms with Crippen LogP contribution in [-0.4, -0.2) is 49.3 Å². The maximum absolute atomic E-state index is 11.7. The van der Waals surface area contributed by atoms with Gasteiger partial charge in [0.1, 0.15) is 11.3 Å². The summed E-state index contributed by atoms with van der Waals surface area (Å²) in [5.41, 5.74) is 2.48. The SMILES string of the molecule is COC(=O)c1cc(CN2CCN(c3ccccc3)CC2)ccc1O.Cl. The molecule has 2 aromatic carbocycles. The van der Waals surface area contributed by atoms with Crippen LogP contribution in [0.25, 0.3) is 0 Å². The fourth-order valence-corrected chi connectivity index (χ4v) is 3.02. The number of rotatable bonds is 4. The fourth-order valence-electron chi connectivity index (χ4n) is 3.02. The van der Waals surface area contributed by atoms with Crippen LogP contribution in [0.1, 0.15) is 15.9 Å². The second-order valence-electron chi connectivity index (χ2n) is 5.94. The summed E-state index contributed by atoms with van der Waals surface area (Å²) in [6, 6.07) is 15.6. The Labute approximate surface area is 154 Å². The molecule has 0 unspecified atom stereocenters. The van der Waals surface area contributed by atoms with Gasteiger partial charge in [-0.2, -0.15) is 0 Å². The number of hydrogen-bond acceptors (Lipinski definition) is 5. The van der Waals surface area contributed by atoms with Crippen molar-refractivity contribution in [2.24, 2.45) is 0 Å². The molecule has 1 fully saturated rings. The Balaban J connectivity index is 0.00000225. The van der Waals surface area contributed by atoms with E-state index >= 15 is 0 Å². The molecule has 0 amide bonds. The number of carbonyl (C=O) groups excluding carboxylic acids is 1. The lowest BCUT2D eigenvalue weighted by atomic mass is 10.1. The van der Waals surface area contributed by atoms with Crippen LogP contribution in [-0.2, 0) is 11.3 Å². The third-order valence-electron chi connectivity index (χ3n) is 4.37. The van der Waals surface area contributed by atoms with Gasteiger partial charge in [-0.1, -0.05) is 24.3 Å². The number of para-hydroxylation sites is 1. The second kappa shape index (κ2) is 8.74. The third kappa shape index (κ3) is 4.65. The molecule has 0 bridgehead atoms. The minimum Gasteiger partial charge on any atom is -0.507 e. The molecule has 0 atom stereocenters. The molecule has 0 aliphatic carbocycles. The van der Waals surface area contributed by atoms with E-state index in [0.717, 1.165) is 38.3 Å². The lowest BCUT2D eigenvalue weighted by Gasteiger charge is -2.36. The molecule has 0 saturated carbocycles. The first-order chi connectivity index (χ1) is 11.7. The van der Waals surface area contributed by atoms with Gasteiger partial charge < -0.3 is 14.7 Å². The quantitative estimate of drug-likeness (QED) is 0.847. The largest absolute Gasteiger partial charge is 0.507 e. The van der Waals surface area contributed by atoms with Gasteiger partial charge in [-0.3, -0.25) is 4.90 Å². The van der Waals surface area contributed by atoms with Gasteiger partial charge in [-0.05, 0) is 29.8 Å². The highest BCUT2D eigenvalue weighted by Gasteiger charge is 2.18. The highest BCUT2D eigenvalue weighted by molar-refractivity contribution is 5.92. The number of carbonyl (C=O) groups is 1. The number of methoxy groups -OCH3 is 1. The van der Waals surface area contributed by atoms with Gasteiger partial charge in [-0.25, -0.2) is 4.79 Å². The monoisotopic (exact) mass is 362 g/mol. The van der Waals surface area contributed by atoms with Gasteiger partial charge >= 0.3 is 5.97 Å². The summed E-state index contributed by atoms with van der Waals surface area (Å²) >= 11 is 0. The van der Waals surface area contributed by atoms with E-state index in [0.29, 0.717) is 0 Å². The minimum absolute atomic E-state index is 0. The second-order valence-corrected chi connectivity index (χ2v) is 5.94. The van der Waals surface area contributed by atoms with Crippen LogP contribution in [0.15, 0.2) is 48.5 Å². The van der Waals surface area contributed by atoms with Gasteiger partial charge in [0.2, 0.25) is 0 Å². The van der Waals surface area contributed by atoms with Crippen LogP contribution in [0.5, 0.6) is 5.75 Å². The van der Waals surface area contributed by atoms with Gasteiger partial charge in [0, 0.05) is 38.4 Å². The number of esters is 1. The first kappa shape index (κ1) is 19.1. The highest BCUT2D eigenvalue weighted by Crippen LogP contribution is 2.21. The van der Waals surface area contributed by atoms with E-state index in [-0.39, 0.29) is 23.7 Å². The van der Waals surface area contributed by atoms with Crippen molar-refractivity contribution in [1.82, 2.24) is 4.90 Å². The third-order valence-corrected chi connectivity index (χ3v) is 4.37. The van der Waals surface area contributed by atoms with Crippen LogP contribution in [0, 0.1) is 0 Å². The molecule has 25 heavy (non-hydrogen) atoms. The average molecular weight is 363 g/mol. The summed E-state index contributed by atoms with van der Waals surface area (Å²) < 4.78 is 4.71. The number of hydrogen-bond donors (Lipinski definition) is 1. The number of anilines is 1. The predicted octanol–water partition coefficient (Wildman–Crippen LogP) is 2.92. The molecule has 0 radical (unpaired) electrons. The Morgan fingerprint density at radius 2 is 1.76 bits per heavy atom. The summed E-state index contributed by atoms with van der Waals surface area (Å²) in [7, 11) is 1.32. The smallest absolute Gasteiger partial charge is 0.341 e. The first-order valence-electron chi connectivity index (χ1n) is 8.10. The maximum Gasteiger partial charge on any atom is 0.341 e. The number of piperazine rings is 1. The first-order valence-corrected chi connectivity index (χ1v) is 8.10. The van der Waals surface area contributed by atoms with E-state index in [1.165, 1.54) is 12.8 Å². The standard InChI is InChI=1S/C19H22N2O3.ClH/c1-24-19(23)17-13-15(7-8-18(17)22)14-20-9-11-21(12-10-20)16-5-3-2-4-6-16;/h2-8,13,22H,9-12,14H2,1H3;1H. The summed E-state index contributed by atoms with van der Waals surface area (Å²) in [4.78, 5) is 16.4. The van der Waals surface area contributed by atoms with Gasteiger partial charge in [-0.15, -0.1) is 12.4 Å². The van der Waals surface area contributed by atoms with E-state index < -0.39 is 5.97 Å². The number of halogens is 1. The van der Waals surface area contributed by atoms with Crippen molar-refractivity contribution in [3.8, 4) is 5.75 Å². The summed E-state index contributed by atoms with van der Waals surface area (Å²) in [5, 5.41) is 9.78. The lowest BCUT2D eigenvalue weighted by Crippen LogP contribution is -2.45. The molecular formula is C19H23ClN2O3. The Morgan fingerprint density at radius 1 is 1.08 bits per heavy atom. The predicted molar refractivity (Wildman–Crippen MR) is 101 cm³/mol. The normalized spacial score (nSPS) is 14.7. The van der Waals surface area contributed by atoms with Gasteiger partial charge in [0.15, 0.2) is 0 Å². The fraction of sp³-hybridized carbons (Fsp3) is 0.316. The zero-order valence-electron chi connectivity index (χ0n) is 14.2. The molecule has 3 rings (SSSR count). The average Bonchev–Trinajstić information content (AvgIpc) is 2.64. The molecule has 1 N–H and O–H groups in total. The van der Waals surface area contributed by atoms with Crippen LogP contribution in [0.3, 0.4) is 0 Å². The van der Waals surface area contributed by atoms with Crippen LogP contribution in [0.4, 0.5) is 5.69 Å². The number of ether oxygens (including phenoxy) is 1. The van der Waals surface area contributed by atoms with Crippen molar-refractivity contribution in [3.05, 3.63) is 59.7 Å². The van der Waals surface area contributed by atoms with Crippen LogP contribution >= 0.6 is 12.4 Å². The zero-order valence-corrected chi connectivity index (χ0v) is 15.0. The van der Waals surface area contributed by atoms with Crippen molar-refractivity contribution in [3.63, 3.8) is 0 Å². The van der Waals surface area contributed by atoms with E-state index in [1.807, 2.05) is 12.1 Å².